The van der Waals surface area contributed by atoms with Gasteiger partial charge in [-0.3, -0.25) is 0 Å². The highest BCUT2D eigenvalue weighted by Gasteiger charge is 2.48. The summed E-state index contributed by atoms with van der Waals surface area (Å²) < 4.78 is 44.1. The third-order valence-electron chi connectivity index (χ3n) is 3.44. The van der Waals surface area contributed by atoms with Crippen LogP contribution >= 0.6 is 0 Å². The summed E-state index contributed by atoms with van der Waals surface area (Å²) in [7, 11) is 0. The Balaban J connectivity index is 2.43. The molecule has 1 aromatic carbocycles. The van der Waals surface area contributed by atoms with Crippen LogP contribution in [0.1, 0.15) is 25.0 Å². The lowest BCUT2D eigenvalue weighted by atomic mass is 9.99. The van der Waals surface area contributed by atoms with Gasteiger partial charge in [0.15, 0.2) is 0 Å². The molecule has 7 heteroatoms. The van der Waals surface area contributed by atoms with Crippen molar-refractivity contribution >= 4 is 17.7 Å². The van der Waals surface area contributed by atoms with Crippen LogP contribution < -0.4 is 10.1 Å². The van der Waals surface area contributed by atoms with Crippen molar-refractivity contribution in [3.8, 4) is 5.75 Å². The third kappa shape index (κ3) is 3.78. The molecular formula is C16H18F3NO3. The summed E-state index contributed by atoms with van der Waals surface area (Å²) in [6.07, 6.45) is -6.23. The van der Waals surface area contributed by atoms with Crippen molar-refractivity contribution in [2.75, 3.05) is 11.9 Å². The zero-order chi connectivity index (χ0) is 17.4. The van der Waals surface area contributed by atoms with E-state index in [4.69, 9.17) is 9.84 Å². The second-order valence-electron chi connectivity index (χ2n) is 5.92. The first-order chi connectivity index (χ1) is 10.6. The molecule has 0 saturated carbocycles. The van der Waals surface area contributed by atoms with Crippen molar-refractivity contribution in [1.82, 2.24) is 0 Å². The van der Waals surface area contributed by atoms with Crippen LogP contribution in [0, 0.1) is 12.8 Å². The number of aryl methyl sites for hydroxylation is 1. The first-order valence-corrected chi connectivity index (χ1v) is 7.16. The van der Waals surface area contributed by atoms with Crippen LogP contribution in [0.15, 0.2) is 17.7 Å². The zero-order valence-electron chi connectivity index (χ0n) is 13.0. The molecule has 1 heterocycles. The number of halogens is 3. The van der Waals surface area contributed by atoms with Crippen molar-refractivity contribution in [3.05, 3.63) is 28.8 Å². The van der Waals surface area contributed by atoms with Gasteiger partial charge < -0.3 is 15.2 Å². The van der Waals surface area contributed by atoms with E-state index in [0.29, 0.717) is 23.7 Å². The summed E-state index contributed by atoms with van der Waals surface area (Å²) in [6.45, 7) is 6.49. The molecule has 0 aliphatic carbocycles. The number of anilines is 1. The molecule has 1 aromatic rings. The van der Waals surface area contributed by atoms with Crippen LogP contribution in [-0.2, 0) is 4.79 Å². The second kappa shape index (κ2) is 6.14. The fourth-order valence-corrected chi connectivity index (χ4v) is 2.28. The lowest BCUT2D eigenvalue weighted by Crippen LogP contribution is -2.40. The third-order valence-corrected chi connectivity index (χ3v) is 3.44. The van der Waals surface area contributed by atoms with Gasteiger partial charge in [0.1, 0.15) is 5.75 Å². The molecular weight excluding hydrogens is 311 g/mol. The maximum absolute atomic E-state index is 13.0. The number of nitrogens with one attached hydrogen (secondary N) is 1. The molecule has 0 bridgehead atoms. The van der Waals surface area contributed by atoms with Crippen molar-refractivity contribution in [2.45, 2.75) is 33.1 Å². The van der Waals surface area contributed by atoms with Gasteiger partial charge in [-0.15, -0.1) is 0 Å². The van der Waals surface area contributed by atoms with E-state index in [1.165, 1.54) is 6.07 Å². The number of alkyl halides is 3. The minimum absolute atomic E-state index is 0.0224. The Morgan fingerprint density at radius 2 is 2.04 bits per heavy atom. The van der Waals surface area contributed by atoms with Crippen LogP contribution in [0.4, 0.5) is 18.9 Å². The summed E-state index contributed by atoms with van der Waals surface area (Å²) in [4.78, 5) is 11.1. The monoisotopic (exact) mass is 329 g/mol. The molecule has 0 spiro atoms. The van der Waals surface area contributed by atoms with Gasteiger partial charge in [-0.2, -0.15) is 13.2 Å². The number of hydrogen-bond donors (Lipinski definition) is 2. The van der Waals surface area contributed by atoms with Gasteiger partial charge in [-0.05, 0) is 30.5 Å². The Hall–Kier alpha value is -2.18. The summed E-state index contributed by atoms with van der Waals surface area (Å²) in [6, 6.07) is 3.11. The number of fused-ring (bicyclic) bond motifs is 1. The van der Waals surface area contributed by atoms with Gasteiger partial charge in [0, 0.05) is 23.9 Å². The number of carbonyl (C=O) groups is 1. The number of carboxylic acid groups (broad SMARTS) is 1. The first kappa shape index (κ1) is 17.2. The predicted octanol–water partition coefficient (Wildman–Crippen LogP) is 3.85. The van der Waals surface area contributed by atoms with Crippen molar-refractivity contribution < 1.29 is 27.8 Å². The van der Waals surface area contributed by atoms with Gasteiger partial charge in [-0.25, -0.2) is 4.79 Å². The Morgan fingerprint density at radius 3 is 2.57 bits per heavy atom. The Morgan fingerprint density at radius 1 is 1.39 bits per heavy atom. The van der Waals surface area contributed by atoms with Crippen LogP contribution in [0.25, 0.3) is 6.08 Å². The smallest absolute Gasteiger partial charge is 0.430 e. The molecule has 0 amide bonds. The number of ether oxygens (including phenoxy) is 1. The minimum atomic E-state index is -4.79. The van der Waals surface area contributed by atoms with E-state index in [1.807, 2.05) is 13.8 Å². The van der Waals surface area contributed by atoms with Gasteiger partial charge in [0.05, 0.1) is 5.57 Å². The van der Waals surface area contributed by atoms with Crippen LogP contribution in [0.3, 0.4) is 0 Å². The Kier molecular flexibility index (Phi) is 4.58. The number of carboxylic acids is 1. The van der Waals surface area contributed by atoms with E-state index in [9.17, 15) is 18.0 Å². The highest BCUT2D eigenvalue weighted by Crippen LogP contribution is 2.39. The zero-order valence-corrected chi connectivity index (χ0v) is 13.0. The Labute approximate surface area is 132 Å². The van der Waals surface area contributed by atoms with Crippen molar-refractivity contribution in [3.63, 3.8) is 0 Å². The summed E-state index contributed by atoms with van der Waals surface area (Å²) in [5.41, 5.74) is 0.993. The standard InChI is InChI=1S/C16H18F3NO3/c1-8(2)7-20-12-6-13-10(4-9(12)3)5-11(15(21)22)14(23-13)16(17,18)19/h4-6,8,14,20H,7H2,1-3H3,(H,21,22). The molecule has 0 radical (unpaired) electrons. The Bertz CT molecular complexity index is 651. The molecule has 1 aliphatic rings. The maximum atomic E-state index is 13.0. The van der Waals surface area contributed by atoms with E-state index in [2.05, 4.69) is 5.32 Å². The quantitative estimate of drug-likeness (QED) is 0.881. The fourth-order valence-electron chi connectivity index (χ4n) is 2.28. The van der Waals surface area contributed by atoms with Gasteiger partial charge in [0.2, 0.25) is 6.10 Å². The lowest BCUT2D eigenvalue weighted by molar-refractivity contribution is -0.187. The highest BCUT2D eigenvalue weighted by molar-refractivity contribution is 5.95. The number of aliphatic carboxylic acids is 1. The maximum Gasteiger partial charge on any atom is 0.430 e. The average molecular weight is 329 g/mol. The topological polar surface area (TPSA) is 58.6 Å². The molecule has 0 aromatic heterocycles. The van der Waals surface area contributed by atoms with Gasteiger partial charge in [-0.1, -0.05) is 13.8 Å². The summed E-state index contributed by atoms with van der Waals surface area (Å²) in [5.74, 6) is -1.25. The SMILES string of the molecule is Cc1cc2c(cc1NCC(C)C)OC(C(F)(F)F)C(C(=O)O)=C2. The average Bonchev–Trinajstić information content (AvgIpc) is 2.42. The largest absolute Gasteiger partial charge is 0.478 e. The van der Waals surface area contributed by atoms with E-state index >= 15 is 0 Å². The van der Waals surface area contributed by atoms with Gasteiger partial charge >= 0.3 is 12.1 Å². The fraction of sp³-hybridized carbons (Fsp3) is 0.438. The van der Waals surface area contributed by atoms with Crippen LogP contribution in [0.5, 0.6) is 5.75 Å². The predicted molar refractivity (Wildman–Crippen MR) is 80.6 cm³/mol. The molecule has 126 valence electrons. The number of benzene rings is 1. The first-order valence-electron chi connectivity index (χ1n) is 7.16. The molecule has 1 aliphatic heterocycles. The molecule has 2 N–H and O–H groups in total. The molecule has 4 nitrogen and oxygen atoms in total. The number of hydrogen-bond acceptors (Lipinski definition) is 3. The summed E-state index contributed by atoms with van der Waals surface area (Å²) in [5, 5.41) is 12.2. The molecule has 0 saturated heterocycles. The molecule has 1 atom stereocenters. The second-order valence-corrected chi connectivity index (χ2v) is 5.92. The summed E-state index contributed by atoms with van der Waals surface area (Å²) >= 11 is 0. The van der Waals surface area contributed by atoms with Crippen LogP contribution in [0.2, 0.25) is 0 Å². The van der Waals surface area contributed by atoms with Crippen molar-refractivity contribution in [1.29, 1.82) is 0 Å². The molecule has 23 heavy (non-hydrogen) atoms. The van der Waals surface area contributed by atoms with Crippen molar-refractivity contribution in [2.24, 2.45) is 5.92 Å². The lowest BCUT2D eigenvalue weighted by Gasteiger charge is -2.28. The van der Waals surface area contributed by atoms with E-state index < -0.39 is 23.8 Å². The van der Waals surface area contributed by atoms with E-state index in [0.717, 1.165) is 11.6 Å². The van der Waals surface area contributed by atoms with Crippen LogP contribution in [-0.4, -0.2) is 29.9 Å². The molecule has 2 rings (SSSR count). The molecule has 0 fully saturated rings. The molecule has 1 unspecified atom stereocenters. The van der Waals surface area contributed by atoms with E-state index in [-0.39, 0.29) is 5.75 Å². The van der Waals surface area contributed by atoms with E-state index in [1.54, 1.807) is 13.0 Å². The van der Waals surface area contributed by atoms with Gasteiger partial charge in [0.25, 0.3) is 0 Å². The minimum Gasteiger partial charge on any atom is -0.478 e. The normalized spacial score (nSPS) is 17.3. The number of rotatable bonds is 4. The highest BCUT2D eigenvalue weighted by atomic mass is 19.4.